The number of nitrogens with two attached hydrogens (primary N) is 1. The largest absolute Gasteiger partial charge is 0.398 e. The maximum absolute atomic E-state index is 13.7. The monoisotopic (exact) mass is 550 g/mol. The minimum Gasteiger partial charge on any atom is -0.398 e. The van der Waals surface area contributed by atoms with E-state index in [0.717, 1.165) is 62.0 Å². The zero-order valence-corrected chi connectivity index (χ0v) is 22.4. The summed E-state index contributed by atoms with van der Waals surface area (Å²) >= 11 is 0. The Morgan fingerprint density at radius 1 is 1.02 bits per heavy atom. The van der Waals surface area contributed by atoms with E-state index in [-0.39, 0.29) is 18.3 Å². The van der Waals surface area contributed by atoms with Gasteiger partial charge in [-0.1, -0.05) is 12.1 Å². The topological polar surface area (TPSA) is 119 Å². The van der Waals surface area contributed by atoms with Crippen LogP contribution in [-0.4, -0.2) is 56.4 Å². The van der Waals surface area contributed by atoms with Gasteiger partial charge >= 0.3 is 0 Å². The van der Waals surface area contributed by atoms with Gasteiger partial charge in [0.1, 0.15) is 17.5 Å². The average molecular weight is 551 g/mol. The number of ether oxygens (including phenoxy) is 1. The van der Waals surface area contributed by atoms with Crippen molar-refractivity contribution >= 4 is 22.9 Å². The summed E-state index contributed by atoms with van der Waals surface area (Å²) in [6.45, 7) is 5.02. The molecule has 0 radical (unpaired) electrons. The lowest BCUT2D eigenvalue weighted by Crippen LogP contribution is -2.43. The Morgan fingerprint density at radius 2 is 1.75 bits per heavy atom. The zero-order chi connectivity index (χ0) is 28.1. The van der Waals surface area contributed by atoms with Crippen LogP contribution in [0.4, 0.5) is 25.8 Å². The lowest BCUT2D eigenvalue weighted by Gasteiger charge is -2.32. The van der Waals surface area contributed by atoms with Crippen LogP contribution in [0.2, 0.25) is 0 Å². The molecule has 1 unspecified atom stereocenters. The van der Waals surface area contributed by atoms with E-state index in [1.54, 1.807) is 18.2 Å². The zero-order valence-electron chi connectivity index (χ0n) is 22.4. The van der Waals surface area contributed by atoms with Crippen LogP contribution in [-0.2, 0) is 11.2 Å². The maximum Gasteiger partial charge on any atom is 0.153 e. The molecule has 3 aromatic carbocycles. The highest BCUT2D eigenvalue weighted by Gasteiger charge is 2.21. The molecule has 2 fully saturated rings. The van der Waals surface area contributed by atoms with E-state index in [0.29, 0.717) is 35.6 Å². The Morgan fingerprint density at radius 3 is 2.48 bits per heavy atom. The Labute approximate surface area is 233 Å². The summed E-state index contributed by atoms with van der Waals surface area (Å²) in [5.41, 5.74) is 10.7. The second-order valence-electron chi connectivity index (χ2n) is 10.3. The summed E-state index contributed by atoms with van der Waals surface area (Å²) in [6.07, 6.45) is 0.835. The third kappa shape index (κ3) is 6.88. The molecule has 7 N–H and O–H groups in total. The molecule has 0 saturated carbocycles. The number of nitrogen functional groups attached to an aromatic ring is 1. The quantitative estimate of drug-likeness (QED) is 0.109. The standard InChI is InChI=1S/C30H36F2N6O2/c31-21-14-20(15-22(32)17-21)13-19-1-4-27(33)26(16-19)29(34)37-30(39)25-3-2-24(38-9-7-35-8-10-38)18-28(25)36-23-5-11-40-12-6-23/h1-4,14-18,23,30,35-36,39H,5-13,33H2,(H2,34,37). The molecule has 2 aliphatic rings. The summed E-state index contributed by atoms with van der Waals surface area (Å²) in [4.78, 5) is 2.31. The van der Waals surface area contributed by atoms with E-state index in [2.05, 4.69) is 26.9 Å². The minimum absolute atomic E-state index is 0.0551. The maximum atomic E-state index is 13.7. The summed E-state index contributed by atoms with van der Waals surface area (Å²) in [6, 6.07) is 14.7. The van der Waals surface area contributed by atoms with E-state index in [9.17, 15) is 13.9 Å². The molecular weight excluding hydrogens is 514 g/mol. The number of anilines is 3. The summed E-state index contributed by atoms with van der Waals surface area (Å²) in [7, 11) is 0. The molecule has 0 spiro atoms. The number of hydrogen-bond acceptors (Lipinski definition) is 7. The van der Waals surface area contributed by atoms with Crippen LogP contribution in [0.1, 0.15) is 41.3 Å². The number of hydrogen-bond donors (Lipinski definition) is 6. The van der Waals surface area contributed by atoms with Gasteiger partial charge in [0.25, 0.3) is 0 Å². The highest BCUT2D eigenvalue weighted by Crippen LogP contribution is 2.30. The highest BCUT2D eigenvalue weighted by molar-refractivity contribution is 6.01. The highest BCUT2D eigenvalue weighted by atomic mass is 19.1. The first kappa shape index (κ1) is 27.8. The number of rotatable bonds is 8. The van der Waals surface area contributed by atoms with Gasteiger partial charge in [0.15, 0.2) is 6.23 Å². The number of aliphatic hydroxyl groups is 1. The predicted octanol–water partition coefficient (Wildman–Crippen LogP) is 3.74. The van der Waals surface area contributed by atoms with Gasteiger partial charge in [0.2, 0.25) is 0 Å². The van der Waals surface area contributed by atoms with Gasteiger partial charge in [-0.25, -0.2) is 8.78 Å². The predicted molar refractivity (Wildman–Crippen MR) is 154 cm³/mol. The molecule has 0 bridgehead atoms. The van der Waals surface area contributed by atoms with E-state index in [1.807, 2.05) is 12.1 Å². The van der Waals surface area contributed by atoms with Crippen LogP contribution in [0.3, 0.4) is 0 Å². The van der Waals surface area contributed by atoms with Crippen molar-refractivity contribution in [3.05, 3.63) is 88.5 Å². The molecule has 2 aliphatic heterocycles. The molecule has 40 heavy (non-hydrogen) atoms. The van der Waals surface area contributed by atoms with E-state index in [1.165, 1.54) is 12.1 Å². The third-order valence-corrected chi connectivity index (χ3v) is 7.39. The Kier molecular flexibility index (Phi) is 8.78. The van der Waals surface area contributed by atoms with Gasteiger partial charge in [-0.05, 0) is 66.8 Å². The van der Waals surface area contributed by atoms with Crippen LogP contribution in [0.25, 0.3) is 0 Å². The van der Waals surface area contributed by atoms with E-state index in [4.69, 9.17) is 15.9 Å². The number of nitrogens with one attached hydrogen (secondary N) is 4. The number of amidine groups is 1. The first-order valence-electron chi connectivity index (χ1n) is 13.7. The molecule has 212 valence electrons. The molecule has 2 saturated heterocycles. The first-order valence-corrected chi connectivity index (χ1v) is 13.7. The van der Waals surface area contributed by atoms with Crippen molar-refractivity contribution in [1.29, 1.82) is 5.41 Å². The number of nitrogens with zero attached hydrogens (tertiary/aromatic N) is 1. The van der Waals surface area contributed by atoms with Crippen molar-refractivity contribution < 1.29 is 18.6 Å². The van der Waals surface area contributed by atoms with Crippen molar-refractivity contribution in [3.63, 3.8) is 0 Å². The molecular formula is C30H36F2N6O2. The lowest BCUT2D eigenvalue weighted by atomic mass is 10.0. The van der Waals surface area contributed by atoms with Crippen LogP contribution in [0, 0.1) is 17.0 Å². The van der Waals surface area contributed by atoms with Gasteiger partial charge in [0.05, 0.1) is 0 Å². The number of benzene rings is 3. The SMILES string of the molecule is N=C(NC(O)c1ccc(N2CCNCC2)cc1NC1CCOCC1)c1cc(Cc2cc(F)cc(F)c2)ccc1N. The number of piperazine rings is 1. The molecule has 0 aliphatic carbocycles. The van der Waals surface area contributed by atoms with Crippen molar-refractivity contribution in [2.24, 2.45) is 0 Å². The smallest absolute Gasteiger partial charge is 0.153 e. The van der Waals surface area contributed by atoms with Gasteiger partial charge < -0.3 is 36.4 Å². The van der Waals surface area contributed by atoms with E-state index >= 15 is 0 Å². The third-order valence-electron chi connectivity index (χ3n) is 7.39. The number of halogens is 2. The minimum atomic E-state index is -1.17. The second kappa shape index (κ2) is 12.6. The van der Waals surface area contributed by atoms with Gasteiger partial charge in [-0.2, -0.15) is 0 Å². The number of aliphatic hydroxyl groups excluding tert-OH is 1. The Balaban J connectivity index is 1.35. The van der Waals surface area contributed by atoms with Gasteiger partial charge in [0, 0.05) is 79.7 Å². The van der Waals surface area contributed by atoms with Crippen LogP contribution < -0.4 is 26.6 Å². The van der Waals surface area contributed by atoms with Crippen molar-refractivity contribution in [1.82, 2.24) is 10.6 Å². The molecule has 0 amide bonds. The van der Waals surface area contributed by atoms with Gasteiger partial charge in [-0.3, -0.25) is 5.41 Å². The molecule has 5 rings (SSSR count). The molecule has 3 aromatic rings. The summed E-state index contributed by atoms with van der Waals surface area (Å²) in [5, 5.41) is 29.8. The molecule has 2 heterocycles. The normalized spacial score (nSPS) is 16.9. The van der Waals surface area contributed by atoms with Crippen molar-refractivity contribution in [2.45, 2.75) is 31.5 Å². The fraction of sp³-hybridized carbons (Fsp3) is 0.367. The summed E-state index contributed by atoms with van der Waals surface area (Å²) < 4.78 is 32.9. The first-order chi connectivity index (χ1) is 19.4. The second-order valence-corrected chi connectivity index (χ2v) is 10.3. The van der Waals surface area contributed by atoms with Crippen LogP contribution in [0.15, 0.2) is 54.6 Å². The van der Waals surface area contributed by atoms with E-state index < -0.39 is 17.9 Å². The Hall–Kier alpha value is -3.73. The molecule has 10 heteroatoms. The molecule has 0 aromatic heterocycles. The molecule has 1 atom stereocenters. The lowest BCUT2D eigenvalue weighted by molar-refractivity contribution is 0.0903. The van der Waals surface area contributed by atoms with Crippen molar-refractivity contribution in [2.75, 3.05) is 55.3 Å². The Bertz CT molecular complexity index is 1320. The average Bonchev–Trinajstić information content (AvgIpc) is 2.94. The molecule has 8 nitrogen and oxygen atoms in total. The fourth-order valence-corrected chi connectivity index (χ4v) is 5.26. The van der Waals surface area contributed by atoms with Gasteiger partial charge in [-0.15, -0.1) is 0 Å². The summed E-state index contributed by atoms with van der Waals surface area (Å²) in [5.74, 6) is -1.34. The fourth-order valence-electron chi connectivity index (χ4n) is 5.26. The van der Waals surface area contributed by atoms with Crippen LogP contribution in [0.5, 0.6) is 0 Å². The van der Waals surface area contributed by atoms with Crippen LogP contribution >= 0.6 is 0 Å². The van der Waals surface area contributed by atoms with Crippen molar-refractivity contribution in [3.8, 4) is 0 Å².